The highest BCUT2D eigenvalue weighted by Gasteiger charge is 2.37. The van der Waals surface area contributed by atoms with Gasteiger partial charge in [-0.3, -0.25) is 4.90 Å². The number of aromatic hydroxyl groups is 1. The van der Waals surface area contributed by atoms with Gasteiger partial charge in [0.15, 0.2) is 11.9 Å². The van der Waals surface area contributed by atoms with Gasteiger partial charge in [-0.2, -0.15) is 0 Å². The van der Waals surface area contributed by atoms with Crippen LogP contribution in [0.3, 0.4) is 0 Å². The van der Waals surface area contributed by atoms with E-state index in [9.17, 15) is 5.11 Å². The van der Waals surface area contributed by atoms with Gasteiger partial charge in [-0.25, -0.2) is 10.0 Å². The van der Waals surface area contributed by atoms with Gasteiger partial charge < -0.3 is 19.7 Å². The first-order chi connectivity index (χ1) is 16.4. The summed E-state index contributed by atoms with van der Waals surface area (Å²) in [5.41, 5.74) is 4.35. The summed E-state index contributed by atoms with van der Waals surface area (Å²) < 4.78 is 5.46. The number of aliphatic imine (C=N–C) groups is 1. The third-order valence-corrected chi connectivity index (χ3v) is 7.14. The maximum atomic E-state index is 10.4. The number of aromatic nitrogens is 1. The molecular weight excluding hydrogens is 477 g/mol. The molecule has 1 aromatic carbocycles. The lowest BCUT2D eigenvalue weighted by Gasteiger charge is -2.35. The molecule has 1 fully saturated rings. The van der Waals surface area contributed by atoms with Crippen molar-refractivity contribution in [2.75, 3.05) is 39.4 Å². The van der Waals surface area contributed by atoms with E-state index in [-0.39, 0.29) is 17.7 Å². The quantitative estimate of drug-likeness (QED) is 0.537. The van der Waals surface area contributed by atoms with Gasteiger partial charge in [0.1, 0.15) is 6.34 Å². The first-order valence-corrected chi connectivity index (χ1v) is 12.1. The Labute approximate surface area is 208 Å². The van der Waals surface area contributed by atoms with Gasteiger partial charge >= 0.3 is 0 Å². The molecule has 0 saturated carbocycles. The highest BCUT2D eigenvalue weighted by Crippen LogP contribution is 2.42. The lowest BCUT2D eigenvalue weighted by Crippen LogP contribution is -2.45. The van der Waals surface area contributed by atoms with Gasteiger partial charge in [-0.05, 0) is 38.0 Å². The van der Waals surface area contributed by atoms with Crippen LogP contribution in [0.1, 0.15) is 20.3 Å². The Bertz CT molecular complexity index is 1210. The minimum absolute atomic E-state index is 0.119. The summed E-state index contributed by atoms with van der Waals surface area (Å²) in [4.78, 5) is 12.0. The summed E-state index contributed by atoms with van der Waals surface area (Å²) in [6, 6.07) is 3.30. The van der Waals surface area contributed by atoms with E-state index in [0.29, 0.717) is 20.9 Å². The highest BCUT2D eigenvalue weighted by molar-refractivity contribution is 6.39. The van der Waals surface area contributed by atoms with Crippen molar-refractivity contribution in [3.05, 3.63) is 45.2 Å². The van der Waals surface area contributed by atoms with E-state index < -0.39 is 0 Å². The number of rotatable bonds is 6. The first-order valence-electron chi connectivity index (χ1n) is 11.3. The summed E-state index contributed by atoms with van der Waals surface area (Å²) in [7, 11) is 0. The van der Waals surface area contributed by atoms with Crippen molar-refractivity contribution in [2.24, 2.45) is 15.3 Å². The van der Waals surface area contributed by atoms with E-state index in [0.717, 1.165) is 51.4 Å². The van der Waals surface area contributed by atoms with E-state index in [1.54, 1.807) is 23.5 Å². The van der Waals surface area contributed by atoms with Crippen LogP contribution >= 0.6 is 23.2 Å². The minimum atomic E-state index is -0.136. The number of benzene rings is 1. The maximum absolute atomic E-state index is 10.4. The third kappa shape index (κ3) is 4.29. The fourth-order valence-corrected chi connectivity index (χ4v) is 5.31. The second-order valence-electron chi connectivity index (χ2n) is 8.64. The largest absolute Gasteiger partial charge is 0.493 e. The number of nitrogens with zero attached hydrogens (tertiary/aromatic N) is 6. The topological polar surface area (TPSA) is 92.1 Å². The number of morpholine rings is 1. The number of allylic oxidation sites excluding steroid dienone is 1. The zero-order chi connectivity index (χ0) is 23.8. The molecule has 11 heteroatoms. The SMILES string of the molecule is CC1=C(C)N(CCCN2CCOCC2)C2C1=CN=CN2N=Nc1c(O)[nH]c2cc(Cl)cc(Cl)c12. The summed E-state index contributed by atoms with van der Waals surface area (Å²) in [5, 5.41) is 22.4. The fraction of sp³-hybridized carbons (Fsp3) is 0.435. The Morgan fingerprint density at radius 2 is 2.00 bits per heavy atom. The average Bonchev–Trinajstić information content (AvgIpc) is 3.27. The van der Waals surface area contributed by atoms with Gasteiger partial charge in [0, 0.05) is 54.1 Å². The van der Waals surface area contributed by atoms with Crippen LogP contribution in [-0.2, 0) is 4.74 Å². The monoisotopic (exact) mass is 503 g/mol. The molecule has 3 aliphatic heterocycles. The molecule has 1 atom stereocenters. The molecule has 0 spiro atoms. The van der Waals surface area contributed by atoms with Crippen molar-refractivity contribution in [1.82, 2.24) is 19.8 Å². The predicted octanol–water partition coefficient (Wildman–Crippen LogP) is 5.06. The molecule has 0 amide bonds. The molecule has 180 valence electrons. The number of nitrogens with one attached hydrogen (secondary N) is 1. The Morgan fingerprint density at radius 3 is 2.79 bits per heavy atom. The van der Waals surface area contributed by atoms with Gasteiger partial charge in [0.05, 0.1) is 23.8 Å². The van der Waals surface area contributed by atoms with Crippen molar-refractivity contribution in [1.29, 1.82) is 0 Å². The third-order valence-electron chi connectivity index (χ3n) is 6.62. The van der Waals surface area contributed by atoms with Crippen LogP contribution in [0.2, 0.25) is 10.0 Å². The molecule has 1 unspecified atom stereocenters. The smallest absolute Gasteiger partial charge is 0.218 e. The molecule has 1 aromatic heterocycles. The highest BCUT2D eigenvalue weighted by atomic mass is 35.5. The minimum Gasteiger partial charge on any atom is -0.493 e. The van der Waals surface area contributed by atoms with E-state index >= 15 is 0 Å². The Balaban J connectivity index is 1.37. The van der Waals surface area contributed by atoms with E-state index in [1.807, 2.05) is 6.20 Å². The van der Waals surface area contributed by atoms with Crippen molar-refractivity contribution in [3.63, 3.8) is 0 Å². The summed E-state index contributed by atoms with van der Waals surface area (Å²) in [6.07, 6.45) is 4.43. The molecule has 1 saturated heterocycles. The number of hydrogen-bond acceptors (Lipinski definition) is 7. The van der Waals surface area contributed by atoms with Crippen LogP contribution in [0.25, 0.3) is 10.9 Å². The van der Waals surface area contributed by atoms with Crippen LogP contribution in [0, 0.1) is 0 Å². The Hall–Kier alpha value is -2.59. The fourth-order valence-electron chi connectivity index (χ4n) is 4.73. The van der Waals surface area contributed by atoms with Gasteiger partial charge in [0.2, 0.25) is 5.88 Å². The molecule has 0 bridgehead atoms. The van der Waals surface area contributed by atoms with Gasteiger partial charge in [-0.1, -0.05) is 28.4 Å². The second-order valence-corrected chi connectivity index (χ2v) is 9.48. The van der Waals surface area contributed by atoms with Gasteiger partial charge in [-0.15, -0.1) is 5.11 Å². The van der Waals surface area contributed by atoms with Gasteiger partial charge in [0.25, 0.3) is 0 Å². The zero-order valence-corrected chi connectivity index (χ0v) is 20.6. The molecule has 3 aliphatic rings. The molecule has 0 radical (unpaired) electrons. The molecular formula is C23H27Cl2N7O2. The standard InChI is InChI=1S/C23H27Cl2N7O2/c1-14-15(2)31(5-3-4-30-6-8-34-9-7-30)23-17(14)12-26-13-32(23)29-28-21-20-18(25)10-16(24)11-19(20)27-22(21)33/h10-13,23,27,33H,3-9H2,1-2H3. The maximum Gasteiger partial charge on any atom is 0.218 e. The van der Waals surface area contributed by atoms with E-state index in [2.05, 4.69) is 44.0 Å². The Kier molecular flexibility index (Phi) is 6.52. The van der Waals surface area contributed by atoms with Crippen LogP contribution < -0.4 is 0 Å². The Morgan fingerprint density at radius 1 is 1.21 bits per heavy atom. The predicted molar refractivity (Wildman–Crippen MR) is 134 cm³/mol. The number of fused-ring (bicyclic) bond motifs is 2. The van der Waals surface area contributed by atoms with E-state index in [1.165, 1.54) is 11.3 Å². The molecule has 5 rings (SSSR count). The lowest BCUT2D eigenvalue weighted by molar-refractivity contribution is 0.0355. The first kappa shape index (κ1) is 23.2. The number of halogens is 2. The number of ether oxygens (including phenoxy) is 1. The number of H-pyrrole nitrogens is 1. The van der Waals surface area contributed by atoms with Crippen molar-refractivity contribution in [2.45, 2.75) is 26.4 Å². The summed E-state index contributed by atoms with van der Waals surface area (Å²) in [5.74, 6) is -0.119. The number of aromatic amines is 1. The average molecular weight is 504 g/mol. The van der Waals surface area contributed by atoms with Crippen LogP contribution in [0.4, 0.5) is 5.69 Å². The lowest BCUT2D eigenvalue weighted by atomic mass is 10.1. The molecule has 2 N–H and O–H groups in total. The van der Waals surface area contributed by atoms with Crippen molar-refractivity contribution >= 4 is 46.1 Å². The molecule has 34 heavy (non-hydrogen) atoms. The van der Waals surface area contributed by atoms with E-state index in [4.69, 9.17) is 27.9 Å². The van der Waals surface area contributed by atoms with Crippen LogP contribution in [-0.4, -0.2) is 76.8 Å². The molecule has 2 aromatic rings. The summed E-state index contributed by atoms with van der Waals surface area (Å²) in [6.45, 7) is 9.73. The summed E-state index contributed by atoms with van der Waals surface area (Å²) >= 11 is 12.5. The van der Waals surface area contributed by atoms with Crippen molar-refractivity contribution in [3.8, 4) is 5.88 Å². The number of hydrogen-bond donors (Lipinski definition) is 2. The molecule has 9 nitrogen and oxygen atoms in total. The second kappa shape index (κ2) is 9.58. The normalized spacial score (nSPS) is 21.3. The van der Waals surface area contributed by atoms with Crippen molar-refractivity contribution < 1.29 is 9.84 Å². The molecule has 4 heterocycles. The molecule has 0 aliphatic carbocycles. The zero-order valence-electron chi connectivity index (χ0n) is 19.1. The van der Waals surface area contributed by atoms with Crippen LogP contribution in [0.15, 0.2) is 50.5 Å². The van der Waals surface area contributed by atoms with Crippen LogP contribution in [0.5, 0.6) is 5.88 Å².